The first-order valence-electron chi connectivity index (χ1n) is 5.44. The average Bonchev–Trinajstić information content (AvgIpc) is 2.39. The molecule has 0 amide bonds. The Balaban J connectivity index is 2.57. The van der Waals surface area contributed by atoms with E-state index >= 15 is 0 Å². The van der Waals surface area contributed by atoms with Crippen LogP contribution in [0.25, 0.3) is 11.1 Å². The van der Waals surface area contributed by atoms with Crippen LogP contribution >= 0.6 is 0 Å². The molecular formula is C14H11NO3. The Morgan fingerprint density at radius 2 is 1.72 bits per heavy atom. The first-order valence-corrected chi connectivity index (χ1v) is 5.44. The predicted octanol–water partition coefficient (Wildman–Crippen LogP) is 3.46. The second-order valence-corrected chi connectivity index (χ2v) is 3.91. The molecule has 90 valence electrons. The molecule has 0 bridgehead atoms. The first kappa shape index (κ1) is 12.0. The molecule has 0 atom stereocenters. The summed E-state index contributed by atoms with van der Waals surface area (Å²) in [5.74, 6) is -0.306. The molecule has 4 heteroatoms. The zero-order valence-corrected chi connectivity index (χ0v) is 9.79. The maximum absolute atomic E-state index is 11.4. The van der Waals surface area contributed by atoms with Gasteiger partial charge < -0.3 is 0 Å². The Bertz CT molecular complexity index is 606. The van der Waals surface area contributed by atoms with Crippen molar-refractivity contribution >= 4 is 11.5 Å². The summed E-state index contributed by atoms with van der Waals surface area (Å²) >= 11 is 0. The monoisotopic (exact) mass is 241 g/mol. The molecular weight excluding hydrogens is 230 g/mol. The van der Waals surface area contributed by atoms with Crippen LogP contribution in [0.5, 0.6) is 0 Å². The summed E-state index contributed by atoms with van der Waals surface area (Å²) < 4.78 is 0. The van der Waals surface area contributed by atoms with Crippen molar-refractivity contribution in [3.8, 4) is 11.1 Å². The summed E-state index contributed by atoms with van der Waals surface area (Å²) in [6.07, 6.45) is 0. The molecule has 0 aromatic heterocycles. The van der Waals surface area contributed by atoms with Gasteiger partial charge in [-0.1, -0.05) is 30.3 Å². The molecule has 0 radical (unpaired) electrons. The molecule has 0 fully saturated rings. The highest BCUT2D eigenvalue weighted by molar-refractivity contribution is 5.99. The van der Waals surface area contributed by atoms with Crippen LogP contribution in [0, 0.1) is 10.1 Å². The van der Waals surface area contributed by atoms with E-state index in [4.69, 9.17) is 0 Å². The lowest BCUT2D eigenvalue weighted by Crippen LogP contribution is -2.00. The number of nitrogens with zero attached hydrogens (tertiary/aromatic N) is 1. The third-order valence-electron chi connectivity index (χ3n) is 2.68. The number of rotatable bonds is 3. The van der Waals surface area contributed by atoms with Crippen LogP contribution in [0.15, 0.2) is 48.5 Å². The number of carbonyl (C=O) groups excluding carboxylic acids is 1. The van der Waals surface area contributed by atoms with Crippen molar-refractivity contribution in [3.05, 3.63) is 64.2 Å². The molecule has 18 heavy (non-hydrogen) atoms. The Labute approximate surface area is 104 Å². The fraction of sp³-hybridized carbons (Fsp3) is 0.0714. The van der Waals surface area contributed by atoms with Gasteiger partial charge in [0.15, 0.2) is 5.78 Å². The van der Waals surface area contributed by atoms with Crippen molar-refractivity contribution in [2.75, 3.05) is 0 Å². The topological polar surface area (TPSA) is 60.2 Å². The van der Waals surface area contributed by atoms with E-state index in [0.717, 1.165) is 11.1 Å². The molecule has 2 rings (SSSR count). The molecule has 0 N–H and O–H groups in total. The number of carbonyl (C=O) groups is 1. The smallest absolute Gasteiger partial charge is 0.280 e. The van der Waals surface area contributed by atoms with Crippen LogP contribution in [-0.2, 0) is 0 Å². The second-order valence-electron chi connectivity index (χ2n) is 3.91. The number of Topliss-reactive ketones (excluding diaryl/α,β-unsaturated/α-hetero) is 1. The summed E-state index contributed by atoms with van der Waals surface area (Å²) in [6, 6.07) is 14.0. The van der Waals surface area contributed by atoms with Gasteiger partial charge in [0.05, 0.1) is 10.5 Å². The van der Waals surface area contributed by atoms with Crippen LogP contribution in [0.1, 0.15) is 17.3 Å². The average molecular weight is 241 g/mol. The summed E-state index contributed by atoms with van der Waals surface area (Å²) in [7, 11) is 0. The van der Waals surface area contributed by atoms with Gasteiger partial charge in [0.2, 0.25) is 0 Å². The maximum atomic E-state index is 11.4. The van der Waals surface area contributed by atoms with E-state index in [9.17, 15) is 14.9 Å². The molecule has 0 spiro atoms. The first-order chi connectivity index (χ1) is 8.59. The maximum Gasteiger partial charge on any atom is 0.280 e. The number of nitro groups is 1. The normalized spacial score (nSPS) is 10.1. The fourth-order valence-electron chi connectivity index (χ4n) is 1.79. The third-order valence-corrected chi connectivity index (χ3v) is 2.68. The van der Waals surface area contributed by atoms with Gasteiger partial charge in [-0.25, -0.2) is 0 Å². The highest BCUT2D eigenvalue weighted by Crippen LogP contribution is 2.26. The molecule has 0 aliphatic heterocycles. The van der Waals surface area contributed by atoms with Crippen LogP contribution < -0.4 is 0 Å². The lowest BCUT2D eigenvalue weighted by molar-refractivity contribution is -0.385. The van der Waals surface area contributed by atoms with Crippen molar-refractivity contribution in [2.24, 2.45) is 0 Å². The van der Waals surface area contributed by atoms with Crippen molar-refractivity contribution in [1.29, 1.82) is 0 Å². The van der Waals surface area contributed by atoms with Gasteiger partial charge in [0.1, 0.15) is 0 Å². The highest BCUT2D eigenvalue weighted by atomic mass is 16.6. The van der Waals surface area contributed by atoms with Gasteiger partial charge in [0, 0.05) is 6.07 Å². The van der Waals surface area contributed by atoms with Crippen LogP contribution in [0.4, 0.5) is 5.69 Å². The molecule has 0 saturated heterocycles. The van der Waals surface area contributed by atoms with Crippen LogP contribution in [0.3, 0.4) is 0 Å². The largest absolute Gasteiger partial charge is 0.294 e. The zero-order chi connectivity index (χ0) is 13.1. The van der Waals surface area contributed by atoms with Crippen molar-refractivity contribution < 1.29 is 9.72 Å². The van der Waals surface area contributed by atoms with E-state index in [-0.39, 0.29) is 17.0 Å². The molecule has 2 aromatic carbocycles. The van der Waals surface area contributed by atoms with E-state index in [1.54, 1.807) is 12.1 Å². The lowest BCUT2D eigenvalue weighted by Gasteiger charge is -2.04. The molecule has 2 aromatic rings. The molecule has 0 heterocycles. The molecule has 0 unspecified atom stereocenters. The standard InChI is InChI=1S/C14H11NO3/c1-10(16)13-9-12(7-8-14(13)15(17)18)11-5-3-2-4-6-11/h2-9H,1H3. The summed E-state index contributed by atoms with van der Waals surface area (Å²) in [6.45, 7) is 1.33. The van der Waals surface area contributed by atoms with E-state index in [2.05, 4.69) is 0 Å². The van der Waals surface area contributed by atoms with E-state index < -0.39 is 4.92 Å². The molecule has 4 nitrogen and oxygen atoms in total. The number of hydrogen-bond donors (Lipinski definition) is 0. The van der Waals surface area contributed by atoms with Crippen molar-refractivity contribution in [2.45, 2.75) is 6.92 Å². The quantitative estimate of drug-likeness (QED) is 0.469. The van der Waals surface area contributed by atoms with Crippen molar-refractivity contribution in [3.63, 3.8) is 0 Å². The highest BCUT2D eigenvalue weighted by Gasteiger charge is 2.17. The van der Waals surface area contributed by atoms with Gasteiger partial charge in [0.25, 0.3) is 5.69 Å². The Morgan fingerprint density at radius 1 is 1.06 bits per heavy atom. The Hall–Kier alpha value is -2.49. The van der Waals surface area contributed by atoms with E-state index in [1.807, 2.05) is 30.3 Å². The second kappa shape index (κ2) is 4.79. The molecule has 0 aliphatic rings. The van der Waals surface area contributed by atoms with E-state index in [0.29, 0.717) is 0 Å². The minimum absolute atomic E-state index is 0.140. The van der Waals surface area contributed by atoms with Gasteiger partial charge >= 0.3 is 0 Å². The minimum atomic E-state index is -0.536. The van der Waals surface area contributed by atoms with E-state index in [1.165, 1.54) is 13.0 Å². The number of hydrogen-bond acceptors (Lipinski definition) is 3. The van der Waals surface area contributed by atoms with Crippen molar-refractivity contribution in [1.82, 2.24) is 0 Å². The van der Waals surface area contributed by atoms with Gasteiger partial charge in [-0.05, 0) is 30.2 Å². The SMILES string of the molecule is CC(=O)c1cc(-c2ccccc2)ccc1[N+](=O)[O-]. The Morgan fingerprint density at radius 3 is 2.28 bits per heavy atom. The van der Waals surface area contributed by atoms with Crippen LogP contribution in [0.2, 0.25) is 0 Å². The summed E-state index contributed by atoms with van der Waals surface area (Å²) in [5, 5.41) is 10.8. The third kappa shape index (κ3) is 2.27. The molecule has 0 saturated carbocycles. The van der Waals surface area contributed by atoms with Gasteiger partial charge in [-0.15, -0.1) is 0 Å². The fourth-order valence-corrected chi connectivity index (χ4v) is 1.79. The number of benzene rings is 2. The predicted molar refractivity (Wildman–Crippen MR) is 68.5 cm³/mol. The van der Waals surface area contributed by atoms with Crippen LogP contribution in [-0.4, -0.2) is 10.7 Å². The minimum Gasteiger partial charge on any atom is -0.294 e. The van der Waals surface area contributed by atoms with Gasteiger partial charge in [-0.2, -0.15) is 0 Å². The molecule has 0 aliphatic carbocycles. The number of ketones is 1. The summed E-state index contributed by atoms with van der Waals surface area (Å²) in [5.41, 5.74) is 1.71. The number of nitro benzene ring substituents is 1. The summed E-state index contributed by atoms with van der Waals surface area (Å²) in [4.78, 5) is 21.7. The lowest BCUT2D eigenvalue weighted by atomic mass is 10.0. The van der Waals surface area contributed by atoms with Gasteiger partial charge in [-0.3, -0.25) is 14.9 Å². The zero-order valence-electron chi connectivity index (χ0n) is 9.79. The Kier molecular flexibility index (Phi) is 3.19.